The predicted octanol–water partition coefficient (Wildman–Crippen LogP) is 2.09. The van der Waals surface area contributed by atoms with Gasteiger partial charge in [-0.2, -0.15) is 4.98 Å². The fourth-order valence-corrected chi connectivity index (χ4v) is 2.93. The largest absolute Gasteiger partial charge is 0.380 e. The molecule has 22 heavy (non-hydrogen) atoms. The van der Waals surface area contributed by atoms with E-state index >= 15 is 0 Å². The van der Waals surface area contributed by atoms with Gasteiger partial charge >= 0.3 is 0 Å². The Morgan fingerprint density at radius 3 is 2.86 bits per heavy atom. The van der Waals surface area contributed by atoms with Crippen molar-refractivity contribution in [3.63, 3.8) is 0 Å². The van der Waals surface area contributed by atoms with Gasteiger partial charge in [-0.3, -0.25) is 4.98 Å². The first-order valence-corrected chi connectivity index (χ1v) is 7.84. The van der Waals surface area contributed by atoms with Gasteiger partial charge in [0.1, 0.15) is 5.60 Å². The lowest BCUT2D eigenvalue weighted by atomic mass is 9.95. The van der Waals surface area contributed by atoms with Crippen molar-refractivity contribution in [1.29, 1.82) is 0 Å². The smallest absolute Gasteiger partial charge is 0.258 e. The van der Waals surface area contributed by atoms with E-state index in [0.29, 0.717) is 24.6 Å². The third-order valence-corrected chi connectivity index (χ3v) is 4.55. The van der Waals surface area contributed by atoms with E-state index in [9.17, 15) is 5.11 Å². The topological polar surface area (TPSA) is 84.1 Å². The minimum absolute atomic E-state index is 0.290. The maximum Gasteiger partial charge on any atom is 0.258 e. The number of pyridine rings is 1. The molecule has 0 spiro atoms. The van der Waals surface area contributed by atoms with Gasteiger partial charge in [0.2, 0.25) is 5.82 Å². The van der Waals surface area contributed by atoms with Crippen LogP contribution in [0.3, 0.4) is 0 Å². The summed E-state index contributed by atoms with van der Waals surface area (Å²) < 4.78 is 5.36. The first kappa shape index (κ1) is 15.1. The zero-order valence-electron chi connectivity index (χ0n) is 13.3. The van der Waals surface area contributed by atoms with Crippen molar-refractivity contribution in [1.82, 2.24) is 20.4 Å². The minimum atomic E-state index is -1.05. The van der Waals surface area contributed by atoms with Gasteiger partial charge in [-0.1, -0.05) is 19.0 Å². The number of hydrogen-bond acceptors (Lipinski definition) is 6. The predicted molar refractivity (Wildman–Crippen MR) is 82.2 cm³/mol. The summed E-state index contributed by atoms with van der Waals surface area (Å²) in [5.74, 6) is 0.817. The molecule has 2 N–H and O–H groups in total. The molecule has 3 rings (SSSR count). The normalized spacial score (nSPS) is 14.9. The molecular weight excluding hydrogens is 280 g/mol. The van der Waals surface area contributed by atoms with Crippen LogP contribution in [0.5, 0.6) is 0 Å². The van der Waals surface area contributed by atoms with Crippen LogP contribution in [-0.4, -0.2) is 26.8 Å². The standard InChI is InChI=1S/C16H22N4O2/c1-4-16(21,5-2)15-19-14(20-22-15)13-10(3)18-9-11-8-17-7-6-12(11)13/h9,17,21H,4-8H2,1-3H3. The molecule has 6 nitrogen and oxygen atoms in total. The number of nitrogens with one attached hydrogen (secondary N) is 1. The Balaban J connectivity index is 2.08. The van der Waals surface area contributed by atoms with Crippen LogP contribution in [0.2, 0.25) is 0 Å². The van der Waals surface area contributed by atoms with Gasteiger partial charge in [0.05, 0.1) is 0 Å². The number of nitrogens with zero attached hydrogens (tertiary/aromatic N) is 3. The van der Waals surface area contributed by atoms with Crippen LogP contribution < -0.4 is 5.32 Å². The van der Waals surface area contributed by atoms with Crippen molar-refractivity contribution in [2.75, 3.05) is 6.54 Å². The Morgan fingerprint density at radius 2 is 2.14 bits per heavy atom. The monoisotopic (exact) mass is 302 g/mol. The zero-order chi connectivity index (χ0) is 15.7. The summed E-state index contributed by atoms with van der Waals surface area (Å²) in [6.07, 6.45) is 3.91. The molecule has 0 saturated heterocycles. The summed E-state index contributed by atoms with van der Waals surface area (Å²) >= 11 is 0. The summed E-state index contributed by atoms with van der Waals surface area (Å²) in [6, 6.07) is 0. The van der Waals surface area contributed by atoms with Gasteiger partial charge in [-0.15, -0.1) is 0 Å². The number of fused-ring (bicyclic) bond motifs is 1. The highest BCUT2D eigenvalue weighted by Gasteiger charge is 2.32. The highest BCUT2D eigenvalue weighted by molar-refractivity contribution is 5.64. The molecule has 0 radical (unpaired) electrons. The van der Waals surface area contributed by atoms with E-state index in [1.54, 1.807) is 0 Å². The Labute approximate surface area is 130 Å². The van der Waals surface area contributed by atoms with Crippen molar-refractivity contribution in [2.45, 2.75) is 52.2 Å². The highest BCUT2D eigenvalue weighted by Crippen LogP contribution is 2.32. The Hall–Kier alpha value is -1.79. The van der Waals surface area contributed by atoms with Crippen molar-refractivity contribution in [2.24, 2.45) is 0 Å². The molecule has 3 heterocycles. The van der Waals surface area contributed by atoms with Gasteiger partial charge in [-0.05, 0) is 43.9 Å². The van der Waals surface area contributed by atoms with Crippen LogP contribution in [0.4, 0.5) is 0 Å². The molecule has 0 saturated carbocycles. The first-order valence-electron chi connectivity index (χ1n) is 7.84. The molecule has 0 aromatic carbocycles. The van der Waals surface area contributed by atoms with E-state index in [2.05, 4.69) is 20.4 Å². The van der Waals surface area contributed by atoms with Gasteiger partial charge in [0, 0.05) is 24.0 Å². The van der Waals surface area contributed by atoms with E-state index in [1.807, 2.05) is 27.0 Å². The molecule has 1 aliphatic rings. The molecule has 2 aromatic rings. The molecule has 118 valence electrons. The number of rotatable bonds is 4. The molecular formula is C16H22N4O2. The molecule has 0 aliphatic carbocycles. The molecule has 6 heteroatoms. The highest BCUT2D eigenvalue weighted by atomic mass is 16.5. The number of aryl methyl sites for hydroxylation is 1. The second kappa shape index (κ2) is 5.78. The van der Waals surface area contributed by atoms with Crippen LogP contribution >= 0.6 is 0 Å². The van der Waals surface area contributed by atoms with E-state index in [-0.39, 0.29) is 0 Å². The summed E-state index contributed by atoms with van der Waals surface area (Å²) in [4.78, 5) is 8.93. The van der Waals surface area contributed by atoms with E-state index in [0.717, 1.165) is 30.8 Å². The number of aromatic nitrogens is 3. The summed E-state index contributed by atoms with van der Waals surface area (Å²) in [5.41, 5.74) is 3.20. The maximum absolute atomic E-state index is 10.5. The quantitative estimate of drug-likeness (QED) is 0.899. The Bertz CT molecular complexity index is 677. The number of aliphatic hydroxyl groups is 1. The van der Waals surface area contributed by atoms with Crippen molar-refractivity contribution < 1.29 is 9.63 Å². The van der Waals surface area contributed by atoms with Gasteiger partial charge < -0.3 is 14.9 Å². The van der Waals surface area contributed by atoms with Crippen molar-refractivity contribution >= 4 is 0 Å². The lowest BCUT2D eigenvalue weighted by Crippen LogP contribution is -2.25. The summed E-state index contributed by atoms with van der Waals surface area (Å²) in [5, 5.41) is 18.0. The Kier molecular flexibility index (Phi) is 3.97. The lowest BCUT2D eigenvalue weighted by molar-refractivity contribution is -0.00326. The van der Waals surface area contributed by atoms with Crippen LogP contribution in [0, 0.1) is 6.92 Å². The van der Waals surface area contributed by atoms with Gasteiger partial charge in [-0.25, -0.2) is 0 Å². The van der Waals surface area contributed by atoms with Crippen molar-refractivity contribution in [3.8, 4) is 11.4 Å². The molecule has 2 aromatic heterocycles. The van der Waals surface area contributed by atoms with Crippen LogP contribution in [-0.2, 0) is 18.6 Å². The summed E-state index contributed by atoms with van der Waals surface area (Å²) in [6.45, 7) is 7.53. The van der Waals surface area contributed by atoms with E-state index < -0.39 is 5.60 Å². The SMILES string of the molecule is CCC(O)(CC)c1nc(-c2c(C)ncc3c2CCNC3)no1. The van der Waals surface area contributed by atoms with E-state index in [4.69, 9.17) is 4.52 Å². The van der Waals surface area contributed by atoms with Crippen molar-refractivity contribution in [3.05, 3.63) is 28.9 Å². The van der Waals surface area contributed by atoms with Gasteiger partial charge in [0.25, 0.3) is 5.89 Å². The molecule has 0 bridgehead atoms. The average molecular weight is 302 g/mol. The van der Waals surface area contributed by atoms with Gasteiger partial charge in [0.15, 0.2) is 0 Å². The fourth-order valence-electron chi connectivity index (χ4n) is 2.93. The Morgan fingerprint density at radius 1 is 1.36 bits per heavy atom. The average Bonchev–Trinajstić information content (AvgIpc) is 3.04. The molecule has 0 atom stereocenters. The third kappa shape index (κ3) is 2.42. The third-order valence-electron chi connectivity index (χ3n) is 4.55. The lowest BCUT2D eigenvalue weighted by Gasteiger charge is -2.20. The second-order valence-corrected chi connectivity index (χ2v) is 5.81. The van der Waals surface area contributed by atoms with Crippen LogP contribution in [0.15, 0.2) is 10.7 Å². The molecule has 1 aliphatic heterocycles. The first-order chi connectivity index (χ1) is 10.6. The molecule has 0 unspecified atom stereocenters. The molecule has 0 fully saturated rings. The van der Waals surface area contributed by atoms with E-state index in [1.165, 1.54) is 11.1 Å². The van der Waals surface area contributed by atoms with Crippen LogP contribution in [0.25, 0.3) is 11.4 Å². The molecule has 0 amide bonds. The second-order valence-electron chi connectivity index (χ2n) is 5.81. The zero-order valence-corrected chi connectivity index (χ0v) is 13.3. The number of hydrogen-bond donors (Lipinski definition) is 2. The van der Waals surface area contributed by atoms with Crippen LogP contribution in [0.1, 0.15) is 49.4 Å². The maximum atomic E-state index is 10.5. The fraction of sp³-hybridized carbons (Fsp3) is 0.562. The summed E-state index contributed by atoms with van der Waals surface area (Å²) in [7, 11) is 0. The minimum Gasteiger partial charge on any atom is -0.380 e.